The Balaban J connectivity index is 2.19. The van der Waals surface area contributed by atoms with E-state index < -0.39 is 0 Å². The Labute approximate surface area is 112 Å². The van der Waals surface area contributed by atoms with E-state index in [2.05, 4.69) is 0 Å². The lowest BCUT2D eigenvalue weighted by atomic mass is 10.1. The van der Waals surface area contributed by atoms with E-state index in [-0.39, 0.29) is 12.2 Å². The van der Waals surface area contributed by atoms with Crippen LogP contribution in [0.3, 0.4) is 0 Å². The van der Waals surface area contributed by atoms with Crippen molar-refractivity contribution in [3.63, 3.8) is 0 Å². The van der Waals surface area contributed by atoms with E-state index in [9.17, 15) is 4.79 Å². The first-order valence-electron chi connectivity index (χ1n) is 5.68. The Morgan fingerprint density at radius 3 is 2.53 bits per heavy atom. The summed E-state index contributed by atoms with van der Waals surface area (Å²) >= 11 is 5.91. The van der Waals surface area contributed by atoms with Crippen molar-refractivity contribution in [2.24, 2.45) is 0 Å². The molecular formula is C14H7ClO4. The van der Waals surface area contributed by atoms with Crippen LogP contribution in [0.5, 0.6) is 11.5 Å². The van der Waals surface area contributed by atoms with Gasteiger partial charge in [0.25, 0.3) is 0 Å². The van der Waals surface area contributed by atoms with Crippen molar-refractivity contribution in [1.29, 1.82) is 0 Å². The molecule has 3 aromatic rings. The van der Waals surface area contributed by atoms with Crippen LogP contribution in [-0.4, -0.2) is 6.79 Å². The fourth-order valence-electron chi connectivity index (χ4n) is 2.22. The molecule has 0 spiro atoms. The van der Waals surface area contributed by atoms with Gasteiger partial charge in [-0.2, -0.15) is 0 Å². The van der Waals surface area contributed by atoms with Crippen LogP contribution in [0.1, 0.15) is 0 Å². The van der Waals surface area contributed by atoms with Gasteiger partial charge in [-0.15, -0.1) is 0 Å². The molecular weight excluding hydrogens is 268 g/mol. The number of hydrogen-bond donors (Lipinski definition) is 0. The van der Waals surface area contributed by atoms with E-state index in [1.807, 2.05) is 0 Å². The highest BCUT2D eigenvalue weighted by atomic mass is 35.5. The van der Waals surface area contributed by atoms with E-state index >= 15 is 0 Å². The highest BCUT2D eigenvalue weighted by Gasteiger charge is 2.17. The molecule has 4 rings (SSSR count). The van der Waals surface area contributed by atoms with Gasteiger partial charge in [-0.25, -0.2) is 0 Å². The Hall–Kier alpha value is -2.20. The lowest BCUT2D eigenvalue weighted by molar-refractivity contribution is 0.174. The molecule has 19 heavy (non-hydrogen) atoms. The maximum Gasteiger partial charge on any atom is 0.231 e. The van der Waals surface area contributed by atoms with Gasteiger partial charge in [-0.05, 0) is 18.2 Å². The molecule has 0 fully saturated rings. The topological polar surface area (TPSA) is 48.7 Å². The summed E-state index contributed by atoms with van der Waals surface area (Å²) in [6.45, 7) is 0.158. The summed E-state index contributed by atoms with van der Waals surface area (Å²) in [6, 6.07) is 8.27. The van der Waals surface area contributed by atoms with Crippen molar-refractivity contribution in [1.82, 2.24) is 0 Å². The molecule has 2 heterocycles. The average Bonchev–Trinajstić information content (AvgIpc) is 2.84. The zero-order valence-corrected chi connectivity index (χ0v) is 10.4. The predicted octanol–water partition coefficient (Wildman–Crippen LogP) is 3.33. The van der Waals surface area contributed by atoms with Gasteiger partial charge in [0.1, 0.15) is 11.2 Å². The standard InChI is InChI=1S/C14H7ClO4/c15-7-1-2-8-10(3-7)19-11-5-13-12(17-6-18-13)4-9(11)14(8)16/h1-5H,6H2. The third kappa shape index (κ3) is 1.50. The van der Waals surface area contributed by atoms with Gasteiger partial charge in [0, 0.05) is 17.2 Å². The molecule has 0 aliphatic carbocycles. The minimum absolute atomic E-state index is 0.105. The van der Waals surface area contributed by atoms with E-state index in [0.29, 0.717) is 38.5 Å². The van der Waals surface area contributed by atoms with Gasteiger partial charge < -0.3 is 13.9 Å². The third-order valence-corrected chi connectivity index (χ3v) is 3.36. The third-order valence-electron chi connectivity index (χ3n) is 3.13. The number of benzene rings is 2. The van der Waals surface area contributed by atoms with Crippen LogP contribution in [0.15, 0.2) is 39.5 Å². The maximum atomic E-state index is 12.4. The molecule has 0 saturated heterocycles. The molecule has 94 valence electrons. The fraction of sp³-hybridized carbons (Fsp3) is 0.0714. The second-order valence-corrected chi connectivity index (χ2v) is 4.71. The van der Waals surface area contributed by atoms with Gasteiger partial charge in [-0.1, -0.05) is 11.6 Å². The number of rotatable bonds is 0. The molecule has 5 heteroatoms. The van der Waals surface area contributed by atoms with Crippen LogP contribution in [0.25, 0.3) is 21.9 Å². The lowest BCUT2D eigenvalue weighted by Crippen LogP contribution is -2.01. The van der Waals surface area contributed by atoms with Crippen molar-refractivity contribution >= 4 is 33.5 Å². The summed E-state index contributed by atoms with van der Waals surface area (Å²) in [7, 11) is 0. The first-order chi connectivity index (χ1) is 9.22. The number of ether oxygens (including phenoxy) is 2. The molecule has 0 bridgehead atoms. The second kappa shape index (κ2) is 3.65. The van der Waals surface area contributed by atoms with Crippen LogP contribution >= 0.6 is 11.6 Å². The number of fused-ring (bicyclic) bond motifs is 3. The van der Waals surface area contributed by atoms with Crippen molar-refractivity contribution in [2.45, 2.75) is 0 Å². The molecule has 0 atom stereocenters. The van der Waals surface area contributed by atoms with E-state index in [0.717, 1.165) is 0 Å². The molecule has 1 aliphatic heterocycles. The van der Waals surface area contributed by atoms with Crippen molar-refractivity contribution in [3.05, 3.63) is 45.6 Å². The molecule has 0 radical (unpaired) electrons. The predicted molar refractivity (Wildman–Crippen MR) is 71.1 cm³/mol. The Kier molecular flexibility index (Phi) is 2.05. The molecule has 1 aromatic heterocycles. The Morgan fingerprint density at radius 2 is 1.68 bits per heavy atom. The van der Waals surface area contributed by atoms with E-state index in [1.54, 1.807) is 30.3 Å². The van der Waals surface area contributed by atoms with Crippen LogP contribution in [-0.2, 0) is 0 Å². The highest BCUT2D eigenvalue weighted by Crippen LogP contribution is 2.36. The van der Waals surface area contributed by atoms with Gasteiger partial charge in [-0.3, -0.25) is 4.79 Å². The largest absolute Gasteiger partial charge is 0.456 e. The van der Waals surface area contributed by atoms with E-state index in [1.165, 1.54) is 0 Å². The molecule has 2 aromatic carbocycles. The summed E-state index contributed by atoms with van der Waals surface area (Å²) in [5.74, 6) is 1.14. The van der Waals surface area contributed by atoms with Crippen LogP contribution in [0, 0.1) is 0 Å². The van der Waals surface area contributed by atoms with Crippen molar-refractivity contribution < 1.29 is 13.9 Å². The first kappa shape index (κ1) is 10.7. The molecule has 0 amide bonds. The summed E-state index contributed by atoms with van der Waals surface area (Å²) < 4.78 is 16.3. The summed E-state index contributed by atoms with van der Waals surface area (Å²) in [6.07, 6.45) is 0. The van der Waals surface area contributed by atoms with Gasteiger partial charge in [0.05, 0.1) is 10.8 Å². The Morgan fingerprint density at radius 1 is 0.947 bits per heavy atom. The average molecular weight is 275 g/mol. The zero-order chi connectivity index (χ0) is 13.0. The summed E-state index contributed by atoms with van der Waals surface area (Å²) in [5.41, 5.74) is 0.819. The molecule has 0 N–H and O–H groups in total. The lowest BCUT2D eigenvalue weighted by Gasteiger charge is -2.03. The van der Waals surface area contributed by atoms with Crippen LogP contribution < -0.4 is 14.9 Å². The monoisotopic (exact) mass is 274 g/mol. The normalized spacial score (nSPS) is 13.3. The van der Waals surface area contributed by atoms with Gasteiger partial charge >= 0.3 is 0 Å². The minimum Gasteiger partial charge on any atom is -0.456 e. The fourth-order valence-corrected chi connectivity index (χ4v) is 2.38. The minimum atomic E-state index is -0.105. The molecule has 1 aliphatic rings. The van der Waals surface area contributed by atoms with Crippen molar-refractivity contribution in [2.75, 3.05) is 6.79 Å². The first-order valence-corrected chi connectivity index (χ1v) is 6.06. The number of hydrogen-bond acceptors (Lipinski definition) is 4. The van der Waals surface area contributed by atoms with Gasteiger partial charge in [0.15, 0.2) is 11.5 Å². The highest BCUT2D eigenvalue weighted by molar-refractivity contribution is 6.31. The number of halogens is 1. The summed E-state index contributed by atoms with van der Waals surface area (Å²) in [4.78, 5) is 12.4. The maximum absolute atomic E-state index is 12.4. The smallest absolute Gasteiger partial charge is 0.231 e. The van der Waals surface area contributed by atoms with Crippen LogP contribution in [0.4, 0.5) is 0 Å². The van der Waals surface area contributed by atoms with Gasteiger partial charge in [0.2, 0.25) is 12.2 Å². The quantitative estimate of drug-likeness (QED) is 0.590. The molecule has 0 saturated carbocycles. The summed E-state index contributed by atoms with van der Waals surface area (Å²) in [5, 5.41) is 1.49. The molecule has 0 unspecified atom stereocenters. The second-order valence-electron chi connectivity index (χ2n) is 4.27. The SMILES string of the molecule is O=c1c2ccc(Cl)cc2oc2cc3c(cc12)OCO3. The zero-order valence-electron chi connectivity index (χ0n) is 9.60. The Bertz CT molecular complexity index is 882. The molecule has 4 nitrogen and oxygen atoms in total. The van der Waals surface area contributed by atoms with E-state index in [4.69, 9.17) is 25.5 Å². The van der Waals surface area contributed by atoms with Crippen LogP contribution in [0.2, 0.25) is 5.02 Å². The van der Waals surface area contributed by atoms with Crippen molar-refractivity contribution in [3.8, 4) is 11.5 Å².